The Bertz CT molecular complexity index is 709. The fourth-order valence-electron chi connectivity index (χ4n) is 1.91. The molecule has 0 aromatic heterocycles. The lowest BCUT2D eigenvalue weighted by atomic mass is 10.0. The molecule has 0 spiro atoms. The first kappa shape index (κ1) is 17.4. The summed E-state index contributed by atoms with van der Waals surface area (Å²) in [7, 11) is 0. The molecule has 1 aromatic carbocycles. The molecule has 128 valence electrons. The monoisotopic (exact) mass is 345 g/mol. The highest BCUT2D eigenvalue weighted by molar-refractivity contribution is 5.97. The van der Waals surface area contributed by atoms with Crippen LogP contribution < -0.4 is 5.32 Å². The number of carbonyl (C=O) groups is 3. The number of carboxylic acids is 2. The summed E-state index contributed by atoms with van der Waals surface area (Å²) in [6.45, 7) is 0. The summed E-state index contributed by atoms with van der Waals surface area (Å²) in [6.07, 6.45) is -5.54. The van der Waals surface area contributed by atoms with Crippen LogP contribution >= 0.6 is 0 Å². The number of hydrogen-bond donors (Lipinski definition) is 3. The van der Waals surface area contributed by atoms with Crippen LogP contribution in [-0.2, 0) is 15.3 Å². The maximum atomic E-state index is 12.8. The highest BCUT2D eigenvalue weighted by atomic mass is 19.4. The van der Waals surface area contributed by atoms with Gasteiger partial charge in [0.25, 0.3) is 5.91 Å². The van der Waals surface area contributed by atoms with Crippen molar-refractivity contribution < 1.29 is 37.8 Å². The van der Waals surface area contributed by atoms with E-state index in [1.807, 2.05) is 5.32 Å². The van der Waals surface area contributed by atoms with Crippen LogP contribution in [0.2, 0.25) is 0 Å². The number of halogens is 3. The van der Waals surface area contributed by atoms with Gasteiger partial charge in [-0.25, -0.2) is 4.79 Å². The summed E-state index contributed by atoms with van der Waals surface area (Å²) in [5.74, 6) is -3.91. The summed E-state index contributed by atoms with van der Waals surface area (Å²) >= 11 is 0. The lowest BCUT2D eigenvalue weighted by Crippen LogP contribution is -2.42. The molecule has 0 aliphatic carbocycles. The van der Waals surface area contributed by atoms with Gasteiger partial charge < -0.3 is 15.5 Å². The predicted octanol–water partition coefficient (Wildman–Crippen LogP) is 1.53. The molecule has 0 radical (unpaired) electrons. The van der Waals surface area contributed by atoms with Crippen molar-refractivity contribution >= 4 is 17.8 Å². The SMILES string of the molecule is O=C(O)C[C@@H](NC(=O)c1ccc(C2(C(F)(F)F)N=N2)cc1)C(=O)O. The van der Waals surface area contributed by atoms with Crippen LogP contribution in [0.3, 0.4) is 0 Å². The largest absolute Gasteiger partial charge is 0.481 e. The molecule has 1 amide bonds. The quantitative estimate of drug-likeness (QED) is 0.720. The third kappa shape index (κ3) is 3.34. The van der Waals surface area contributed by atoms with Crippen molar-refractivity contribution in [2.75, 3.05) is 0 Å². The summed E-state index contributed by atoms with van der Waals surface area (Å²) in [5.41, 5.74) is -3.03. The average molecular weight is 345 g/mol. The summed E-state index contributed by atoms with van der Waals surface area (Å²) < 4.78 is 38.5. The maximum Gasteiger partial charge on any atom is 0.442 e. The Morgan fingerprint density at radius 2 is 1.67 bits per heavy atom. The number of alkyl halides is 3. The van der Waals surface area contributed by atoms with Gasteiger partial charge in [-0.05, 0) is 12.1 Å². The molecular weight excluding hydrogens is 335 g/mol. The number of benzene rings is 1. The van der Waals surface area contributed by atoms with Gasteiger partial charge in [0.1, 0.15) is 6.04 Å². The lowest BCUT2D eigenvalue weighted by molar-refractivity contribution is -0.166. The highest BCUT2D eigenvalue weighted by Crippen LogP contribution is 2.52. The van der Waals surface area contributed by atoms with E-state index in [-0.39, 0.29) is 11.1 Å². The molecule has 3 N–H and O–H groups in total. The number of aliphatic carboxylic acids is 2. The second-order valence-corrected chi connectivity index (χ2v) is 4.91. The Balaban J connectivity index is 2.12. The van der Waals surface area contributed by atoms with Gasteiger partial charge in [-0.2, -0.15) is 13.2 Å². The van der Waals surface area contributed by atoms with E-state index in [1.165, 1.54) is 0 Å². The number of amides is 1. The van der Waals surface area contributed by atoms with Crippen LogP contribution in [0.1, 0.15) is 22.3 Å². The van der Waals surface area contributed by atoms with Crippen LogP contribution in [0.15, 0.2) is 34.5 Å². The number of nitrogens with zero attached hydrogens (tertiary/aromatic N) is 2. The average Bonchev–Trinajstić information content (AvgIpc) is 3.27. The van der Waals surface area contributed by atoms with Gasteiger partial charge in [0.2, 0.25) is 0 Å². The molecule has 1 aliphatic rings. The van der Waals surface area contributed by atoms with Gasteiger partial charge in [0.05, 0.1) is 6.42 Å². The first-order valence-corrected chi connectivity index (χ1v) is 6.43. The Morgan fingerprint density at radius 3 is 2.04 bits per heavy atom. The van der Waals surface area contributed by atoms with E-state index in [4.69, 9.17) is 10.2 Å². The second-order valence-electron chi connectivity index (χ2n) is 4.91. The third-order valence-corrected chi connectivity index (χ3v) is 3.23. The maximum absolute atomic E-state index is 12.8. The molecule has 0 saturated carbocycles. The number of carbonyl (C=O) groups excluding carboxylic acids is 1. The highest BCUT2D eigenvalue weighted by Gasteiger charge is 2.65. The van der Waals surface area contributed by atoms with E-state index in [2.05, 4.69) is 10.2 Å². The Hall–Kier alpha value is -2.98. The molecule has 0 fully saturated rings. The number of rotatable bonds is 6. The van der Waals surface area contributed by atoms with Crippen molar-refractivity contribution in [2.24, 2.45) is 10.2 Å². The van der Waals surface area contributed by atoms with Crippen LogP contribution in [0.25, 0.3) is 0 Å². The minimum Gasteiger partial charge on any atom is -0.481 e. The molecule has 0 saturated heterocycles. The van der Waals surface area contributed by atoms with Crippen molar-refractivity contribution in [3.8, 4) is 0 Å². The first-order valence-electron chi connectivity index (χ1n) is 6.43. The Labute approximate surface area is 132 Å². The Morgan fingerprint density at radius 1 is 1.12 bits per heavy atom. The van der Waals surface area contributed by atoms with Crippen molar-refractivity contribution in [3.05, 3.63) is 35.4 Å². The van der Waals surface area contributed by atoms with Crippen LogP contribution in [-0.4, -0.2) is 40.3 Å². The van der Waals surface area contributed by atoms with Gasteiger partial charge >= 0.3 is 23.8 Å². The smallest absolute Gasteiger partial charge is 0.442 e. The molecule has 2 rings (SSSR count). The van der Waals surface area contributed by atoms with E-state index >= 15 is 0 Å². The zero-order valence-corrected chi connectivity index (χ0v) is 11.7. The van der Waals surface area contributed by atoms with Gasteiger partial charge in [-0.15, -0.1) is 10.2 Å². The summed E-state index contributed by atoms with van der Waals surface area (Å²) in [6, 6.07) is 2.41. The van der Waals surface area contributed by atoms with Gasteiger partial charge in [-0.3, -0.25) is 9.59 Å². The van der Waals surface area contributed by atoms with Gasteiger partial charge in [-0.1, -0.05) is 12.1 Å². The van der Waals surface area contributed by atoms with Crippen molar-refractivity contribution in [1.82, 2.24) is 5.32 Å². The number of nitrogens with one attached hydrogen (secondary N) is 1. The lowest BCUT2D eigenvalue weighted by Gasteiger charge is -2.15. The minimum absolute atomic E-state index is 0.131. The molecule has 1 atom stereocenters. The molecule has 11 heteroatoms. The second kappa shape index (κ2) is 5.91. The zero-order valence-electron chi connectivity index (χ0n) is 11.7. The van der Waals surface area contributed by atoms with Gasteiger partial charge in [0.15, 0.2) is 0 Å². The summed E-state index contributed by atoms with van der Waals surface area (Å²) in [5, 5.41) is 25.4. The van der Waals surface area contributed by atoms with Gasteiger partial charge in [0, 0.05) is 11.1 Å². The van der Waals surface area contributed by atoms with E-state index in [0.29, 0.717) is 0 Å². The molecule has 0 unspecified atom stereocenters. The predicted molar refractivity (Wildman–Crippen MR) is 70.2 cm³/mol. The molecule has 0 bridgehead atoms. The topological polar surface area (TPSA) is 128 Å². The van der Waals surface area contributed by atoms with Crippen LogP contribution in [0.4, 0.5) is 13.2 Å². The first-order chi connectivity index (χ1) is 11.1. The fraction of sp³-hybridized carbons (Fsp3) is 0.308. The van der Waals surface area contributed by atoms with Crippen LogP contribution in [0.5, 0.6) is 0 Å². The molecule has 1 aromatic rings. The summed E-state index contributed by atoms with van der Waals surface area (Å²) in [4.78, 5) is 33.3. The number of hydrogen-bond acceptors (Lipinski definition) is 5. The zero-order chi connectivity index (χ0) is 18.1. The molecule has 8 nitrogen and oxygen atoms in total. The van der Waals surface area contributed by atoms with E-state index in [1.54, 1.807) is 0 Å². The van der Waals surface area contributed by atoms with Crippen LogP contribution in [0, 0.1) is 0 Å². The van der Waals surface area contributed by atoms with E-state index in [9.17, 15) is 27.6 Å². The van der Waals surface area contributed by atoms with E-state index < -0.39 is 42.1 Å². The standard InChI is InChI=1S/C13H10F3N3O5/c14-13(15,16)12(18-19-12)7-3-1-6(2-4-7)10(22)17-8(11(23)24)5-9(20)21/h1-4,8H,5H2,(H,17,22)(H,20,21)(H,23,24)/t8-/m1/s1. The van der Waals surface area contributed by atoms with Crippen molar-refractivity contribution in [2.45, 2.75) is 24.3 Å². The minimum atomic E-state index is -4.70. The third-order valence-electron chi connectivity index (χ3n) is 3.23. The number of carboxylic acid groups (broad SMARTS) is 2. The van der Waals surface area contributed by atoms with Crippen molar-refractivity contribution in [3.63, 3.8) is 0 Å². The van der Waals surface area contributed by atoms with Crippen molar-refractivity contribution in [1.29, 1.82) is 0 Å². The fourth-order valence-corrected chi connectivity index (χ4v) is 1.91. The molecule has 1 aliphatic heterocycles. The molecule has 24 heavy (non-hydrogen) atoms. The molecular formula is C13H10F3N3O5. The van der Waals surface area contributed by atoms with E-state index in [0.717, 1.165) is 24.3 Å². The Kier molecular flexibility index (Phi) is 4.28. The normalized spacial score (nSPS) is 16.3. The molecule has 1 heterocycles.